The van der Waals surface area contributed by atoms with Gasteiger partial charge in [0.15, 0.2) is 11.6 Å². The highest BCUT2D eigenvalue weighted by molar-refractivity contribution is 5.96. The van der Waals surface area contributed by atoms with Gasteiger partial charge in [-0.1, -0.05) is 6.92 Å². The highest BCUT2D eigenvalue weighted by Crippen LogP contribution is 2.33. The Morgan fingerprint density at radius 3 is 2.67 bits per heavy atom. The first-order chi connectivity index (χ1) is 11.3. The van der Waals surface area contributed by atoms with E-state index >= 15 is 0 Å². The molecule has 1 N–H and O–H groups in total. The fourth-order valence-electron chi connectivity index (χ4n) is 3.32. The lowest BCUT2D eigenvalue weighted by Gasteiger charge is -2.38. The molecule has 4 nitrogen and oxygen atoms in total. The first-order valence-electron chi connectivity index (χ1n) is 8.85. The molecule has 1 aliphatic rings. The van der Waals surface area contributed by atoms with Crippen LogP contribution in [0.5, 0.6) is 5.75 Å². The van der Waals surface area contributed by atoms with Crippen LogP contribution in [0.15, 0.2) is 12.1 Å². The van der Waals surface area contributed by atoms with Crippen molar-refractivity contribution in [3.05, 3.63) is 29.1 Å². The molecule has 5 heteroatoms. The van der Waals surface area contributed by atoms with Gasteiger partial charge in [0.25, 0.3) is 5.91 Å². The highest BCUT2D eigenvalue weighted by atomic mass is 19.1. The van der Waals surface area contributed by atoms with Crippen LogP contribution in [0.4, 0.5) is 4.39 Å². The Morgan fingerprint density at radius 2 is 2.08 bits per heavy atom. The molecule has 1 amide bonds. The maximum Gasteiger partial charge on any atom is 0.251 e. The van der Waals surface area contributed by atoms with Gasteiger partial charge in [-0.15, -0.1) is 0 Å². The summed E-state index contributed by atoms with van der Waals surface area (Å²) in [6.07, 6.45) is 1.68. The summed E-state index contributed by atoms with van der Waals surface area (Å²) in [6, 6.07) is 3.45. The van der Waals surface area contributed by atoms with Crippen molar-refractivity contribution >= 4 is 5.91 Å². The van der Waals surface area contributed by atoms with E-state index in [9.17, 15) is 9.18 Å². The molecule has 0 saturated carbocycles. The first-order valence-corrected chi connectivity index (χ1v) is 8.85. The summed E-state index contributed by atoms with van der Waals surface area (Å²) in [5, 5.41) is 2.89. The second kappa shape index (κ2) is 7.97. The molecule has 0 bridgehead atoms. The minimum Gasteiger partial charge on any atom is -0.489 e. The Balaban J connectivity index is 2.33. The minimum absolute atomic E-state index is 0.0331. The number of nitrogens with one attached hydrogen (secondary N) is 1. The normalized spacial score (nSPS) is 17.1. The monoisotopic (exact) mass is 336 g/mol. The van der Waals surface area contributed by atoms with Crippen molar-refractivity contribution in [2.24, 2.45) is 0 Å². The van der Waals surface area contributed by atoms with E-state index in [2.05, 4.69) is 31.0 Å². The van der Waals surface area contributed by atoms with Gasteiger partial charge in [-0.05, 0) is 59.2 Å². The molecule has 1 aliphatic heterocycles. The SMILES string of the molecule is CCCN(C(C)C)[C@H]1COc2c(F)ccc(C(=O)NC(C)C)c2C1. The molecule has 0 fully saturated rings. The van der Waals surface area contributed by atoms with Crippen LogP contribution in [0.25, 0.3) is 0 Å². The fraction of sp³-hybridized carbons (Fsp3) is 0.632. The van der Waals surface area contributed by atoms with E-state index in [1.54, 1.807) is 6.07 Å². The molecular weight excluding hydrogens is 307 g/mol. The number of nitrogens with zero attached hydrogens (tertiary/aromatic N) is 1. The largest absolute Gasteiger partial charge is 0.489 e. The van der Waals surface area contributed by atoms with Crippen LogP contribution < -0.4 is 10.1 Å². The number of halogens is 1. The molecule has 0 saturated heterocycles. The lowest BCUT2D eigenvalue weighted by atomic mass is 9.94. The van der Waals surface area contributed by atoms with Gasteiger partial charge >= 0.3 is 0 Å². The van der Waals surface area contributed by atoms with E-state index in [0.717, 1.165) is 13.0 Å². The molecule has 24 heavy (non-hydrogen) atoms. The van der Waals surface area contributed by atoms with Gasteiger partial charge < -0.3 is 10.1 Å². The number of carbonyl (C=O) groups excluding carboxylic acids is 1. The van der Waals surface area contributed by atoms with Crippen LogP contribution in [-0.4, -0.2) is 42.1 Å². The maximum atomic E-state index is 14.1. The zero-order chi connectivity index (χ0) is 17.9. The van der Waals surface area contributed by atoms with E-state index in [1.807, 2.05) is 13.8 Å². The van der Waals surface area contributed by atoms with Gasteiger partial charge in [0.05, 0.1) is 0 Å². The Hall–Kier alpha value is -1.62. The second-order valence-corrected chi connectivity index (χ2v) is 7.03. The molecule has 1 aromatic rings. The average molecular weight is 336 g/mol. The Kier molecular flexibility index (Phi) is 6.21. The van der Waals surface area contributed by atoms with Crippen molar-refractivity contribution < 1.29 is 13.9 Å². The highest BCUT2D eigenvalue weighted by Gasteiger charge is 2.31. The number of ether oxygens (including phenoxy) is 1. The molecule has 0 radical (unpaired) electrons. The lowest BCUT2D eigenvalue weighted by Crippen LogP contribution is -2.47. The summed E-state index contributed by atoms with van der Waals surface area (Å²) in [4.78, 5) is 14.8. The van der Waals surface area contributed by atoms with Crippen LogP contribution in [-0.2, 0) is 6.42 Å². The number of hydrogen-bond acceptors (Lipinski definition) is 3. The topological polar surface area (TPSA) is 41.6 Å². The van der Waals surface area contributed by atoms with Crippen LogP contribution >= 0.6 is 0 Å². The predicted molar refractivity (Wildman–Crippen MR) is 94.1 cm³/mol. The summed E-state index contributed by atoms with van der Waals surface area (Å²) >= 11 is 0. The number of rotatable bonds is 6. The summed E-state index contributed by atoms with van der Waals surface area (Å²) in [6.45, 7) is 11.7. The minimum atomic E-state index is -0.392. The van der Waals surface area contributed by atoms with E-state index in [1.165, 1.54) is 6.07 Å². The van der Waals surface area contributed by atoms with Gasteiger partial charge in [0.2, 0.25) is 0 Å². The quantitative estimate of drug-likeness (QED) is 0.866. The Bertz CT molecular complexity index is 587. The van der Waals surface area contributed by atoms with Crippen molar-refractivity contribution in [3.63, 3.8) is 0 Å². The average Bonchev–Trinajstić information content (AvgIpc) is 2.51. The van der Waals surface area contributed by atoms with Gasteiger partial charge in [-0.3, -0.25) is 9.69 Å². The summed E-state index contributed by atoms with van der Waals surface area (Å²) in [5.74, 6) is -0.323. The van der Waals surface area contributed by atoms with E-state index < -0.39 is 5.82 Å². The summed E-state index contributed by atoms with van der Waals surface area (Å²) in [5.41, 5.74) is 1.20. The van der Waals surface area contributed by atoms with E-state index in [-0.39, 0.29) is 23.7 Å². The molecule has 1 aromatic carbocycles. The lowest BCUT2D eigenvalue weighted by molar-refractivity contribution is 0.0871. The third kappa shape index (κ3) is 4.07. The molecule has 1 atom stereocenters. The molecule has 134 valence electrons. The molecule has 0 unspecified atom stereocenters. The standard InChI is InChI=1S/C19H29FN2O2/c1-6-9-22(13(4)5)14-10-16-15(19(23)21-12(2)3)7-8-17(20)18(16)24-11-14/h7-8,12-14H,6,9-11H2,1-5H3,(H,21,23)/t14-/m1/s1. The number of hydrogen-bond donors (Lipinski definition) is 1. The van der Waals surface area contributed by atoms with E-state index in [4.69, 9.17) is 4.74 Å². The third-order valence-electron chi connectivity index (χ3n) is 4.35. The van der Waals surface area contributed by atoms with Gasteiger partial charge in [-0.25, -0.2) is 4.39 Å². The molecule has 1 heterocycles. The van der Waals surface area contributed by atoms with Gasteiger partial charge in [0, 0.05) is 29.3 Å². The first kappa shape index (κ1) is 18.7. The van der Waals surface area contributed by atoms with Crippen LogP contribution in [0.2, 0.25) is 0 Å². The smallest absolute Gasteiger partial charge is 0.251 e. The zero-order valence-corrected chi connectivity index (χ0v) is 15.4. The zero-order valence-electron chi connectivity index (χ0n) is 15.4. The van der Waals surface area contributed by atoms with Crippen LogP contribution in [0.3, 0.4) is 0 Å². The molecule has 0 spiro atoms. The third-order valence-corrected chi connectivity index (χ3v) is 4.35. The molecule has 2 rings (SSSR count). The van der Waals surface area contributed by atoms with Crippen molar-refractivity contribution in [2.75, 3.05) is 13.2 Å². The maximum absolute atomic E-state index is 14.1. The number of fused-ring (bicyclic) bond motifs is 1. The van der Waals surface area contributed by atoms with Gasteiger partial charge in [0.1, 0.15) is 6.61 Å². The molecular formula is C19H29FN2O2. The number of carbonyl (C=O) groups is 1. The van der Waals surface area contributed by atoms with Crippen molar-refractivity contribution in [3.8, 4) is 5.75 Å². The Morgan fingerprint density at radius 1 is 1.38 bits per heavy atom. The number of amides is 1. The fourth-order valence-corrected chi connectivity index (χ4v) is 3.32. The second-order valence-electron chi connectivity index (χ2n) is 7.03. The van der Waals surface area contributed by atoms with Crippen molar-refractivity contribution in [1.29, 1.82) is 0 Å². The van der Waals surface area contributed by atoms with E-state index in [0.29, 0.717) is 30.2 Å². The Labute approximate surface area is 144 Å². The van der Waals surface area contributed by atoms with Crippen molar-refractivity contribution in [1.82, 2.24) is 10.2 Å². The summed E-state index contributed by atoms with van der Waals surface area (Å²) in [7, 11) is 0. The van der Waals surface area contributed by atoms with Gasteiger partial charge in [-0.2, -0.15) is 0 Å². The number of benzene rings is 1. The predicted octanol–water partition coefficient (Wildman–Crippen LogP) is 3.39. The molecule has 0 aromatic heterocycles. The van der Waals surface area contributed by atoms with Crippen LogP contribution in [0, 0.1) is 5.82 Å². The summed E-state index contributed by atoms with van der Waals surface area (Å²) < 4.78 is 19.9. The van der Waals surface area contributed by atoms with Crippen LogP contribution in [0.1, 0.15) is 57.0 Å². The van der Waals surface area contributed by atoms with Crippen molar-refractivity contribution in [2.45, 2.75) is 65.6 Å². The molecule has 0 aliphatic carbocycles.